The fourth-order valence-corrected chi connectivity index (χ4v) is 2.32. The molecule has 2 amide bonds. The number of benzene rings is 1. The summed E-state index contributed by atoms with van der Waals surface area (Å²) in [6.07, 6.45) is 7.75. The molecule has 0 saturated heterocycles. The molecule has 0 radical (unpaired) electrons. The Morgan fingerprint density at radius 1 is 1.19 bits per heavy atom. The second-order valence-corrected chi connectivity index (χ2v) is 6.02. The van der Waals surface area contributed by atoms with E-state index in [-0.39, 0.29) is 17.9 Å². The summed E-state index contributed by atoms with van der Waals surface area (Å²) in [5.41, 5.74) is 7.41. The molecule has 0 aliphatic heterocycles. The van der Waals surface area contributed by atoms with Gasteiger partial charge in [-0.1, -0.05) is 36.4 Å². The van der Waals surface area contributed by atoms with Crippen molar-refractivity contribution in [3.63, 3.8) is 0 Å². The van der Waals surface area contributed by atoms with Gasteiger partial charge in [0, 0.05) is 18.3 Å². The SMILES string of the molecule is C[C@H](N)C(=O)N[C@H](/C=C/C(=O)Nc1cccnc1)CCc1ccccc1. The molecule has 0 saturated carbocycles. The maximum Gasteiger partial charge on any atom is 0.248 e. The largest absolute Gasteiger partial charge is 0.349 e. The van der Waals surface area contributed by atoms with Crippen molar-refractivity contribution in [3.05, 3.63) is 72.6 Å². The first-order chi connectivity index (χ1) is 12.5. The Balaban J connectivity index is 1.97. The van der Waals surface area contributed by atoms with Gasteiger partial charge in [-0.05, 0) is 37.5 Å². The number of aryl methyl sites for hydroxylation is 1. The molecule has 0 bridgehead atoms. The normalized spacial score (nSPS) is 13.2. The van der Waals surface area contributed by atoms with Crippen LogP contribution in [0.4, 0.5) is 5.69 Å². The van der Waals surface area contributed by atoms with Gasteiger partial charge in [-0.2, -0.15) is 0 Å². The molecule has 26 heavy (non-hydrogen) atoms. The Kier molecular flexibility index (Phi) is 7.51. The number of carbonyl (C=O) groups is 2. The maximum absolute atomic E-state index is 12.0. The Morgan fingerprint density at radius 2 is 1.96 bits per heavy atom. The molecular weight excluding hydrogens is 328 g/mol. The average molecular weight is 352 g/mol. The van der Waals surface area contributed by atoms with Crippen molar-refractivity contribution in [3.8, 4) is 0 Å². The van der Waals surface area contributed by atoms with E-state index in [1.165, 1.54) is 11.6 Å². The second kappa shape index (κ2) is 10.1. The first-order valence-corrected chi connectivity index (χ1v) is 8.53. The highest BCUT2D eigenvalue weighted by Gasteiger charge is 2.13. The van der Waals surface area contributed by atoms with E-state index in [0.29, 0.717) is 12.1 Å². The predicted molar refractivity (Wildman–Crippen MR) is 102 cm³/mol. The van der Waals surface area contributed by atoms with Gasteiger partial charge in [0.15, 0.2) is 0 Å². The van der Waals surface area contributed by atoms with Gasteiger partial charge in [-0.25, -0.2) is 0 Å². The van der Waals surface area contributed by atoms with E-state index in [9.17, 15) is 9.59 Å². The van der Waals surface area contributed by atoms with Crippen molar-refractivity contribution < 1.29 is 9.59 Å². The van der Waals surface area contributed by atoms with E-state index < -0.39 is 6.04 Å². The zero-order valence-electron chi connectivity index (χ0n) is 14.8. The molecule has 0 spiro atoms. The van der Waals surface area contributed by atoms with E-state index in [1.807, 2.05) is 30.3 Å². The number of nitrogens with two attached hydrogens (primary N) is 1. The van der Waals surface area contributed by atoms with Gasteiger partial charge in [0.1, 0.15) is 0 Å². The monoisotopic (exact) mass is 352 g/mol. The van der Waals surface area contributed by atoms with Crippen LogP contribution in [0.2, 0.25) is 0 Å². The summed E-state index contributed by atoms with van der Waals surface area (Å²) in [5.74, 6) is -0.530. The number of rotatable bonds is 8. The van der Waals surface area contributed by atoms with Crippen LogP contribution in [0.3, 0.4) is 0 Å². The van der Waals surface area contributed by atoms with Gasteiger partial charge in [-0.3, -0.25) is 14.6 Å². The summed E-state index contributed by atoms with van der Waals surface area (Å²) in [7, 11) is 0. The topological polar surface area (TPSA) is 97.1 Å². The minimum absolute atomic E-state index is 0.250. The molecule has 2 rings (SSSR count). The van der Waals surface area contributed by atoms with Crippen LogP contribution in [0.15, 0.2) is 67.0 Å². The van der Waals surface area contributed by atoms with E-state index in [4.69, 9.17) is 5.73 Å². The van der Waals surface area contributed by atoms with Gasteiger partial charge in [0.25, 0.3) is 0 Å². The van der Waals surface area contributed by atoms with E-state index >= 15 is 0 Å². The minimum atomic E-state index is -0.605. The summed E-state index contributed by atoms with van der Waals surface area (Å²) in [6, 6.07) is 12.6. The number of nitrogens with zero attached hydrogens (tertiary/aromatic N) is 1. The zero-order chi connectivity index (χ0) is 18.8. The van der Waals surface area contributed by atoms with Crippen LogP contribution in [0.1, 0.15) is 18.9 Å². The molecule has 4 N–H and O–H groups in total. The molecular formula is C20H24N4O2. The smallest absolute Gasteiger partial charge is 0.248 e. The number of hydrogen-bond donors (Lipinski definition) is 3. The molecule has 0 aliphatic rings. The molecule has 0 unspecified atom stereocenters. The zero-order valence-corrected chi connectivity index (χ0v) is 14.8. The summed E-state index contributed by atoms with van der Waals surface area (Å²) >= 11 is 0. The van der Waals surface area contributed by atoms with Crippen LogP contribution in [-0.2, 0) is 16.0 Å². The summed E-state index contributed by atoms with van der Waals surface area (Å²) in [5, 5.41) is 5.58. The molecule has 1 aromatic heterocycles. The van der Waals surface area contributed by atoms with Crippen LogP contribution >= 0.6 is 0 Å². The third kappa shape index (κ3) is 6.86. The highest BCUT2D eigenvalue weighted by molar-refractivity contribution is 5.99. The minimum Gasteiger partial charge on any atom is -0.349 e. The average Bonchev–Trinajstić information content (AvgIpc) is 2.65. The van der Waals surface area contributed by atoms with Gasteiger partial charge < -0.3 is 16.4 Å². The number of pyridine rings is 1. The number of aromatic nitrogens is 1. The molecule has 0 aliphatic carbocycles. The summed E-state index contributed by atoms with van der Waals surface area (Å²) < 4.78 is 0. The number of anilines is 1. The summed E-state index contributed by atoms with van der Waals surface area (Å²) in [6.45, 7) is 1.63. The third-order valence-corrected chi connectivity index (χ3v) is 3.74. The quantitative estimate of drug-likeness (QED) is 0.633. The third-order valence-electron chi connectivity index (χ3n) is 3.74. The Morgan fingerprint density at radius 3 is 2.62 bits per heavy atom. The summed E-state index contributed by atoms with van der Waals surface area (Å²) in [4.78, 5) is 27.9. The maximum atomic E-state index is 12.0. The van der Waals surface area contributed by atoms with E-state index in [0.717, 1.165) is 6.42 Å². The van der Waals surface area contributed by atoms with Crippen molar-refractivity contribution in [2.45, 2.75) is 31.8 Å². The van der Waals surface area contributed by atoms with Crippen LogP contribution in [0.5, 0.6) is 0 Å². The number of nitrogens with one attached hydrogen (secondary N) is 2. The van der Waals surface area contributed by atoms with Crippen molar-refractivity contribution >= 4 is 17.5 Å². The van der Waals surface area contributed by atoms with Crippen LogP contribution in [-0.4, -0.2) is 28.9 Å². The van der Waals surface area contributed by atoms with Gasteiger partial charge in [0.05, 0.1) is 17.9 Å². The van der Waals surface area contributed by atoms with E-state index in [2.05, 4.69) is 15.6 Å². The van der Waals surface area contributed by atoms with Crippen molar-refractivity contribution in [1.29, 1.82) is 0 Å². The lowest BCUT2D eigenvalue weighted by molar-refractivity contribution is -0.122. The van der Waals surface area contributed by atoms with Gasteiger partial charge in [0.2, 0.25) is 11.8 Å². The Bertz CT molecular complexity index is 730. The van der Waals surface area contributed by atoms with Crippen LogP contribution in [0.25, 0.3) is 0 Å². The highest BCUT2D eigenvalue weighted by Crippen LogP contribution is 2.07. The Hall–Kier alpha value is -2.99. The number of amides is 2. The standard InChI is InChI=1S/C20H24N4O2/c1-15(21)20(26)24-17(10-9-16-6-3-2-4-7-16)11-12-19(25)23-18-8-5-13-22-14-18/h2-8,11-15,17H,9-10,21H2,1H3,(H,23,25)(H,24,26)/b12-11+/t15-,17-/m0/s1. The predicted octanol–water partition coefficient (Wildman–Crippen LogP) is 2.04. The van der Waals surface area contributed by atoms with Crippen molar-refractivity contribution in [1.82, 2.24) is 10.3 Å². The molecule has 6 heteroatoms. The second-order valence-electron chi connectivity index (χ2n) is 6.02. The molecule has 0 fully saturated rings. The lowest BCUT2D eigenvalue weighted by Gasteiger charge is -2.17. The van der Waals surface area contributed by atoms with Gasteiger partial charge >= 0.3 is 0 Å². The fraction of sp³-hybridized carbons (Fsp3) is 0.250. The van der Waals surface area contributed by atoms with Crippen molar-refractivity contribution in [2.24, 2.45) is 5.73 Å². The first-order valence-electron chi connectivity index (χ1n) is 8.53. The lowest BCUT2D eigenvalue weighted by Crippen LogP contribution is -2.43. The van der Waals surface area contributed by atoms with Gasteiger partial charge in [-0.15, -0.1) is 0 Å². The molecule has 2 aromatic rings. The van der Waals surface area contributed by atoms with Crippen LogP contribution < -0.4 is 16.4 Å². The van der Waals surface area contributed by atoms with E-state index in [1.54, 1.807) is 37.5 Å². The molecule has 136 valence electrons. The molecule has 1 aromatic carbocycles. The molecule has 6 nitrogen and oxygen atoms in total. The Labute approximate surface area is 153 Å². The van der Waals surface area contributed by atoms with Crippen molar-refractivity contribution in [2.75, 3.05) is 5.32 Å². The highest BCUT2D eigenvalue weighted by atomic mass is 16.2. The first kappa shape index (κ1) is 19.3. The molecule has 1 heterocycles. The number of carbonyl (C=O) groups excluding carboxylic acids is 2. The lowest BCUT2D eigenvalue weighted by atomic mass is 10.0. The fourth-order valence-electron chi connectivity index (χ4n) is 2.32. The number of hydrogen-bond acceptors (Lipinski definition) is 4. The van der Waals surface area contributed by atoms with Crippen LogP contribution in [0, 0.1) is 0 Å². The molecule has 2 atom stereocenters.